The number of anilines is 1. The highest BCUT2D eigenvalue weighted by atomic mass is 32.2. The predicted octanol–water partition coefficient (Wildman–Crippen LogP) is 3.12. The summed E-state index contributed by atoms with van der Waals surface area (Å²) >= 11 is 0. The third-order valence-electron chi connectivity index (χ3n) is 3.60. The minimum atomic E-state index is -3.64. The van der Waals surface area contributed by atoms with Crippen LogP contribution in [0, 0.1) is 13.8 Å². The van der Waals surface area contributed by atoms with Gasteiger partial charge in [0.05, 0.1) is 4.90 Å². The SMILES string of the molecule is Cc1ccc(C(C)Nc2ccc(S(N)(=O)=O)cc2)cc1C. The van der Waals surface area contributed by atoms with E-state index in [0.29, 0.717) is 0 Å². The van der Waals surface area contributed by atoms with E-state index in [1.807, 2.05) is 0 Å². The van der Waals surface area contributed by atoms with Gasteiger partial charge >= 0.3 is 0 Å². The van der Waals surface area contributed by atoms with Crippen LogP contribution in [0.5, 0.6) is 0 Å². The van der Waals surface area contributed by atoms with Crippen molar-refractivity contribution in [3.63, 3.8) is 0 Å². The third kappa shape index (κ3) is 3.83. The fourth-order valence-corrected chi connectivity index (χ4v) is 2.62. The second-order valence-corrected chi connectivity index (χ2v) is 6.84. The molecule has 0 saturated heterocycles. The van der Waals surface area contributed by atoms with Crippen molar-refractivity contribution < 1.29 is 8.42 Å². The monoisotopic (exact) mass is 304 g/mol. The molecule has 0 aromatic heterocycles. The Kier molecular flexibility index (Phi) is 4.34. The van der Waals surface area contributed by atoms with Gasteiger partial charge in [0.25, 0.3) is 0 Å². The molecule has 2 aromatic carbocycles. The Bertz CT molecular complexity index is 737. The number of nitrogens with two attached hydrogens (primary N) is 1. The van der Waals surface area contributed by atoms with Gasteiger partial charge in [0, 0.05) is 11.7 Å². The summed E-state index contributed by atoms with van der Waals surface area (Å²) in [4.78, 5) is 0.117. The fraction of sp³-hybridized carbons (Fsp3) is 0.250. The van der Waals surface area contributed by atoms with Crippen LogP contribution in [0.4, 0.5) is 5.69 Å². The van der Waals surface area contributed by atoms with Crippen LogP contribution in [0.2, 0.25) is 0 Å². The van der Waals surface area contributed by atoms with Crippen molar-refractivity contribution in [2.24, 2.45) is 5.14 Å². The molecule has 1 atom stereocenters. The zero-order valence-corrected chi connectivity index (χ0v) is 13.2. The second kappa shape index (κ2) is 5.87. The van der Waals surface area contributed by atoms with Gasteiger partial charge < -0.3 is 5.32 Å². The van der Waals surface area contributed by atoms with Crippen LogP contribution < -0.4 is 10.5 Å². The van der Waals surface area contributed by atoms with E-state index in [1.165, 1.54) is 28.8 Å². The van der Waals surface area contributed by atoms with Crippen LogP contribution in [0.3, 0.4) is 0 Å². The first-order chi connectivity index (χ1) is 9.77. The van der Waals surface area contributed by atoms with Crippen LogP contribution in [0.25, 0.3) is 0 Å². The molecule has 2 aromatic rings. The van der Waals surface area contributed by atoms with E-state index >= 15 is 0 Å². The van der Waals surface area contributed by atoms with Gasteiger partial charge in [0.15, 0.2) is 0 Å². The highest BCUT2D eigenvalue weighted by Crippen LogP contribution is 2.22. The molecular weight excluding hydrogens is 284 g/mol. The number of rotatable bonds is 4. The Hall–Kier alpha value is -1.85. The smallest absolute Gasteiger partial charge is 0.238 e. The van der Waals surface area contributed by atoms with Crippen molar-refractivity contribution in [1.82, 2.24) is 0 Å². The van der Waals surface area contributed by atoms with Crippen molar-refractivity contribution in [2.75, 3.05) is 5.32 Å². The molecule has 2 rings (SSSR count). The molecule has 4 nitrogen and oxygen atoms in total. The Labute approximate surface area is 126 Å². The van der Waals surface area contributed by atoms with E-state index in [2.05, 4.69) is 44.3 Å². The number of sulfonamides is 1. The van der Waals surface area contributed by atoms with Gasteiger partial charge in [0.2, 0.25) is 10.0 Å². The Morgan fingerprint density at radius 2 is 1.62 bits per heavy atom. The topological polar surface area (TPSA) is 72.2 Å². The summed E-state index contributed by atoms with van der Waals surface area (Å²) in [7, 11) is -3.64. The molecule has 5 heteroatoms. The average molecular weight is 304 g/mol. The van der Waals surface area contributed by atoms with E-state index < -0.39 is 10.0 Å². The number of nitrogens with one attached hydrogen (secondary N) is 1. The van der Waals surface area contributed by atoms with E-state index in [0.717, 1.165) is 5.69 Å². The second-order valence-electron chi connectivity index (χ2n) is 5.28. The molecule has 21 heavy (non-hydrogen) atoms. The van der Waals surface area contributed by atoms with Crippen molar-refractivity contribution in [2.45, 2.75) is 31.7 Å². The number of benzene rings is 2. The molecule has 0 heterocycles. The van der Waals surface area contributed by atoms with Gasteiger partial charge in [-0.2, -0.15) is 0 Å². The van der Waals surface area contributed by atoms with Crippen LogP contribution in [0.1, 0.15) is 29.7 Å². The number of aryl methyl sites for hydroxylation is 2. The van der Waals surface area contributed by atoms with Gasteiger partial charge in [-0.05, 0) is 61.7 Å². The van der Waals surface area contributed by atoms with Gasteiger partial charge in [-0.15, -0.1) is 0 Å². The van der Waals surface area contributed by atoms with Gasteiger partial charge in [-0.25, -0.2) is 13.6 Å². The summed E-state index contributed by atoms with van der Waals surface area (Å²) in [6.45, 7) is 6.24. The molecule has 0 aliphatic carbocycles. The quantitative estimate of drug-likeness (QED) is 0.911. The molecule has 112 valence electrons. The van der Waals surface area contributed by atoms with Crippen LogP contribution in [-0.4, -0.2) is 8.42 Å². The molecule has 0 fully saturated rings. The van der Waals surface area contributed by atoms with Gasteiger partial charge in [0.1, 0.15) is 0 Å². The van der Waals surface area contributed by atoms with E-state index in [9.17, 15) is 8.42 Å². The first-order valence-corrected chi connectivity index (χ1v) is 8.28. The maximum absolute atomic E-state index is 11.2. The maximum Gasteiger partial charge on any atom is 0.238 e. The summed E-state index contributed by atoms with van der Waals surface area (Å²) in [6.07, 6.45) is 0. The minimum absolute atomic E-state index is 0.117. The van der Waals surface area contributed by atoms with Crippen LogP contribution >= 0.6 is 0 Å². The zero-order chi connectivity index (χ0) is 15.6. The third-order valence-corrected chi connectivity index (χ3v) is 4.53. The van der Waals surface area contributed by atoms with Gasteiger partial charge in [-0.1, -0.05) is 18.2 Å². The van der Waals surface area contributed by atoms with Crippen molar-refractivity contribution in [1.29, 1.82) is 0 Å². The minimum Gasteiger partial charge on any atom is -0.379 e. The molecule has 0 amide bonds. The van der Waals surface area contributed by atoms with Gasteiger partial charge in [-0.3, -0.25) is 0 Å². The molecule has 0 spiro atoms. The highest BCUT2D eigenvalue weighted by molar-refractivity contribution is 7.89. The summed E-state index contributed by atoms with van der Waals surface area (Å²) in [5, 5.41) is 8.43. The lowest BCUT2D eigenvalue weighted by Crippen LogP contribution is -2.12. The van der Waals surface area contributed by atoms with E-state index in [1.54, 1.807) is 12.1 Å². The molecular formula is C16H20N2O2S. The van der Waals surface area contributed by atoms with Crippen molar-refractivity contribution in [3.8, 4) is 0 Å². The summed E-state index contributed by atoms with van der Waals surface area (Å²) in [5.41, 5.74) is 4.57. The Morgan fingerprint density at radius 3 is 2.14 bits per heavy atom. The number of hydrogen-bond donors (Lipinski definition) is 2. The lowest BCUT2D eigenvalue weighted by molar-refractivity contribution is 0.598. The lowest BCUT2D eigenvalue weighted by atomic mass is 10.0. The Balaban J connectivity index is 2.15. The van der Waals surface area contributed by atoms with E-state index in [-0.39, 0.29) is 10.9 Å². The maximum atomic E-state index is 11.2. The molecule has 0 bridgehead atoms. The summed E-state index contributed by atoms with van der Waals surface area (Å²) < 4.78 is 22.4. The highest BCUT2D eigenvalue weighted by Gasteiger charge is 2.09. The summed E-state index contributed by atoms with van der Waals surface area (Å²) in [6, 6.07) is 12.9. The van der Waals surface area contributed by atoms with E-state index in [4.69, 9.17) is 5.14 Å². The summed E-state index contributed by atoms with van der Waals surface area (Å²) in [5.74, 6) is 0. The number of primary sulfonamides is 1. The molecule has 1 unspecified atom stereocenters. The number of hydrogen-bond acceptors (Lipinski definition) is 3. The molecule has 0 saturated carbocycles. The fourth-order valence-electron chi connectivity index (χ4n) is 2.11. The first-order valence-electron chi connectivity index (χ1n) is 6.74. The Morgan fingerprint density at radius 1 is 1.00 bits per heavy atom. The average Bonchev–Trinajstić information content (AvgIpc) is 2.41. The molecule has 3 N–H and O–H groups in total. The lowest BCUT2D eigenvalue weighted by Gasteiger charge is -2.17. The largest absolute Gasteiger partial charge is 0.379 e. The predicted molar refractivity (Wildman–Crippen MR) is 85.8 cm³/mol. The normalized spacial score (nSPS) is 13.0. The van der Waals surface area contributed by atoms with Crippen LogP contribution in [-0.2, 0) is 10.0 Å². The first kappa shape index (κ1) is 15.5. The standard InChI is InChI=1S/C16H20N2O2S/c1-11-4-5-14(10-12(11)2)13(3)18-15-6-8-16(9-7-15)21(17,19)20/h4-10,13,18H,1-3H3,(H2,17,19,20). The zero-order valence-electron chi connectivity index (χ0n) is 12.4. The molecule has 0 aliphatic heterocycles. The van der Waals surface area contributed by atoms with Crippen molar-refractivity contribution >= 4 is 15.7 Å². The molecule has 0 aliphatic rings. The van der Waals surface area contributed by atoms with Crippen molar-refractivity contribution in [3.05, 3.63) is 59.2 Å². The van der Waals surface area contributed by atoms with Crippen LogP contribution in [0.15, 0.2) is 47.4 Å². The molecule has 0 radical (unpaired) electrons.